The van der Waals surface area contributed by atoms with E-state index < -0.39 is 0 Å². The van der Waals surface area contributed by atoms with Crippen LogP contribution < -0.4 is 10.6 Å². The molecule has 0 aromatic heterocycles. The fraction of sp³-hybridized carbons (Fsp3) is 0.316. The van der Waals surface area contributed by atoms with Crippen molar-refractivity contribution in [2.75, 3.05) is 10.6 Å². The van der Waals surface area contributed by atoms with Crippen molar-refractivity contribution in [1.82, 2.24) is 0 Å². The van der Waals surface area contributed by atoms with Gasteiger partial charge in [0.2, 0.25) is 5.91 Å². The van der Waals surface area contributed by atoms with Gasteiger partial charge in [-0.25, -0.2) is 0 Å². The van der Waals surface area contributed by atoms with Gasteiger partial charge in [0.15, 0.2) is 0 Å². The summed E-state index contributed by atoms with van der Waals surface area (Å²) < 4.78 is 0. The lowest BCUT2D eigenvalue weighted by Crippen LogP contribution is -2.31. The van der Waals surface area contributed by atoms with E-state index in [4.69, 9.17) is 0 Å². The highest BCUT2D eigenvalue weighted by Crippen LogP contribution is 2.25. The van der Waals surface area contributed by atoms with E-state index in [1.54, 1.807) is 0 Å². The zero-order valence-corrected chi connectivity index (χ0v) is 13.1. The Hall–Kier alpha value is -2.29. The molecule has 0 bridgehead atoms. The van der Waals surface area contributed by atoms with Crippen molar-refractivity contribution in [3.8, 4) is 0 Å². The number of rotatable bonds is 4. The van der Waals surface area contributed by atoms with E-state index in [-0.39, 0.29) is 11.9 Å². The molecule has 2 N–H and O–H groups in total. The molecule has 3 rings (SSSR count). The van der Waals surface area contributed by atoms with Gasteiger partial charge >= 0.3 is 0 Å². The van der Waals surface area contributed by atoms with Crippen molar-refractivity contribution >= 4 is 17.3 Å². The summed E-state index contributed by atoms with van der Waals surface area (Å²) in [5.74, 6) is -0.0221. The van der Waals surface area contributed by atoms with Crippen LogP contribution >= 0.6 is 0 Å². The first-order valence-electron chi connectivity index (χ1n) is 7.88. The quantitative estimate of drug-likeness (QED) is 0.897. The Balaban J connectivity index is 1.63. The molecule has 3 nitrogen and oxygen atoms in total. The summed E-state index contributed by atoms with van der Waals surface area (Å²) in [6.45, 7) is 3.90. The van der Waals surface area contributed by atoms with Gasteiger partial charge in [0.05, 0.1) is 0 Å². The van der Waals surface area contributed by atoms with Crippen LogP contribution in [0.15, 0.2) is 42.5 Å². The summed E-state index contributed by atoms with van der Waals surface area (Å²) in [6, 6.07) is 14.0. The third kappa shape index (κ3) is 3.30. The second-order valence-electron chi connectivity index (χ2n) is 6.06. The molecule has 114 valence electrons. The van der Waals surface area contributed by atoms with Crippen molar-refractivity contribution in [2.45, 2.75) is 39.2 Å². The second-order valence-corrected chi connectivity index (χ2v) is 6.06. The van der Waals surface area contributed by atoms with E-state index in [2.05, 4.69) is 28.8 Å². The average Bonchev–Trinajstić information content (AvgIpc) is 2.94. The lowest BCUT2D eigenvalue weighted by molar-refractivity contribution is -0.116. The lowest BCUT2D eigenvalue weighted by atomic mass is 10.1. The highest BCUT2D eigenvalue weighted by atomic mass is 16.2. The normalized spacial score (nSPS) is 14.3. The molecule has 0 saturated carbocycles. The summed E-state index contributed by atoms with van der Waals surface area (Å²) >= 11 is 0. The first-order chi connectivity index (χ1) is 10.6. The minimum absolute atomic E-state index is 0.0221. The first-order valence-corrected chi connectivity index (χ1v) is 7.88. The summed E-state index contributed by atoms with van der Waals surface area (Å²) in [5.41, 5.74) is 5.86. The van der Waals surface area contributed by atoms with Gasteiger partial charge in [0, 0.05) is 11.4 Å². The number of fused-ring (bicyclic) bond motifs is 1. The van der Waals surface area contributed by atoms with Gasteiger partial charge < -0.3 is 10.6 Å². The molecule has 0 heterocycles. The highest BCUT2D eigenvalue weighted by Gasteiger charge is 2.15. The zero-order valence-electron chi connectivity index (χ0n) is 13.1. The summed E-state index contributed by atoms with van der Waals surface area (Å²) in [7, 11) is 0. The molecule has 0 saturated heterocycles. The predicted molar refractivity (Wildman–Crippen MR) is 91.4 cm³/mol. The number of carbonyl (C=O) groups excluding carboxylic acids is 1. The Morgan fingerprint density at radius 3 is 2.68 bits per heavy atom. The second kappa shape index (κ2) is 6.22. The highest BCUT2D eigenvalue weighted by molar-refractivity contribution is 5.96. The average molecular weight is 294 g/mol. The van der Waals surface area contributed by atoms with Gasteiger partial charge in [-0.15, -0.1) is 0 Å². The smallest absolute Gasteiger partial charge is 0.246 e. The summed E-state index contributed by atoms with van der Waals surface area (Å²) in [6.07, 6.45) is 3.57. The van der Waals surface area contributed by atoms with Crippen LogP contribution in [0, 0.1) is 6.92 Å². The molecular formula is C19H22N2O. The van der Waals surface area contributed by atoms with E-state index in [0.717, 1.165) is 23.4 Å². The Morgan fingerprint density at radius 2 is 1.86 bits per heavy atom. The van der Waals surface area contributed by atoms with E-state index >= 15 is 0 Å². The van der Waals surface area contributed by atoms with Gasteiger partial charge in [0.1, 0.15) is 6.04 Å². The molecule has 0 aliphatic heterocycles. The number of amides is 1. The topological polar surface area (TPSA) is 41.1 Å². The molecule has 1 aliphatic carbocycles. The van der Waals surface area contributed by atoms with Gasteiger partial charge in [-0.2, -0.15) is 0 Å². The van der Waals surface area contributed by atoms with Crippen LogP contribution in [-0.2, 0) is 17.6 Å². The number of hydrogen-bond donors (Lipinski definition) is 2. The monoisotopic (exact) mass is 294 g/mol. The number of anilines is 2. The van der Waals surface area contributed by atoms with Crippen LogP contribution in [0.25, 0.3) is 0 Å². The third-order valence-electron chi connectivity index (χ3n) is 4.16. The lowest BCUT2D eigenvalue weighted by Gasteiger charge is -2.16. The van der Waals surface area contributed by atoms with Crippen LogP contribution in [0.1, 0.15) is 30.0 Å². The first kappa shape index (κ1) is 14.6. The maximum atomic E-state index is 12.3. The molecule has 0 radical (unpaired) electrons. The van der Waals surface area contributed by atoms with Gasteiger partial charge in [-0.3, -0.25) is 4.79 Å². The predicted octanol–water partition coefficient (Wildman–Crippen LogP) is 3.92. The van der Waals surface area contributed by atoms with Gasteiger partial charge in [-0.05, 0) is 74.1 Å². The van der Waals surface area contributed by atoms with Crippen LogP contribution in [0.4, 0.5) is 11.4 Å². The number of carbonyl (C=O) groups is 1. The maximum Gasteiger partial charge on any atom is 0.246 e. The van der Waals surface area contributed by atoms with Gasteiger partial charge in [0.25, 0.3) is 0 Å². The Morgan fingerprint density at radius 1 is 1.05 bits per heavy atom. The Labute approximate surface area is 131 Å². The number of benzene rings is 2. The molecule has 0 fully saturated rings. The molecule has 3 heteroatoms. The van der Waals surface area contributed by atoms with Crippen LogP contribution in [0.5, 0.6) is 0 Å². The minimum atomic E-state index is -0.278. The van der Waals surface area contributed by atoms with Crippen molar-refractivity contribution in [3.63, 3.8) is 0 Å². The molecule has 1 atom stereocenters. The molecule has 22 heavy (non-hydrogen) atoms. The number of hydrogen-bond acceptors (Lipinski definition) is 2. The van der Waals surface area contributed by atoms with E-state index in [1.165, 1.54) is 24.0 Å². The molecule has 1 unspecified atom stereocenters. The third-order valence-corrected chi connectivity index (χ3v) is 4.16. The van der Waals surface area contributed by atoms with E-state index in [1.807, 2.05) is 38.1 Å². The van der Waals surface area contributed by atoms with E-state index in [9.17, 15) is 4.79 Å². The van der Waals surface area contributed by atoms with Crippen LogP contribution in [-0.4, -0.2) is 11.9 Å². The summed E-state index contributed by atoms with van der Waals surface area (Å²) in [4.78, 5) is 12.3. The zero-order chi connectivity index (χ0) is 15.5. The maximum absolute atomic E-state index is 12.3. The SMILES string of the molecule is Cc1cccc(NC(=O)C(C)Nc2ccc3c(c2)CCC3)c1. The molecule has 2 aromatic rings. The van der Waals surface area contributed by atoms with Crippen LogP contribution in [0.2, 0.25) is 0 Å². The number of aryl methyl sites for hydroxylation is 3. The molecule has 2 aromatic carbocycles. The molecule has 1 amide bonds. The fourth-order valence-corrected chi connectivity index (χ4v) is 2.95. The number of nitrogens with one attached hydrogen (secondary N) is 2. The molecule has 0 spiro atoms. The van der Waals surface area contributed by atoms with Crippen molar-refractivity contribution < 1.29 is 4.79 Å². The van der Waals surface area contributed by atoms with Crippen molar-refractivity contribution in [3.05, 3.63) is 59.2 Å². The summed E-state index contributed by atoms with van der Waals surface area (Å²) in [5, 5.41) is 6.25. The Kier molecular flexibility index (Phi) is 4.14. The minimum Gasteiger partial charge on any atom is -0.374 e. The fourth-order valence-electron chi connectivity index (χ4n) is 2.95. The molecular weight excluding hydrogens is 272 g/mol. The standard InChI is InChI=1S/C19H22N2O/c1-13-5-3-8-17(11-13)21-19(22)14(2)20-18-10-9-15-6-4-7-16(15)12-18/h3,5,8-12,14,20H,4,6-7H2,1-2H3,(H,21,22). The Bertz CT molecular complexity index is 694. The van der Waals surface area contributed by atoms with Gasteiger partial charge in [-0.1, -0.05) is 18.2 Å². The van der Waals surface area contributed by atoms with Crippen LogP contribution in [0.3, 0.4) is 0 Å². The van der Waals surface area contributed by atoms with Crippen molar-refractivity contribution in [2.24, 2.45) is 0 Å². The molecule has 1 aliphatic rings. The largest absolute Gasteiger partial charge is 0.374 e. The van der Waals surface area contributed by atoms with E-state index in [0.29, 0.717) is 0 Å². The van der Waals surface area contributed by atoms with Crippen molar-refractivity contribution in [1.29, 1.82) is 0 Å².